The Hall–Kier alpha value is -2.75. The summed E-state index contributed by atoms with van der Waals surface area (Å²) in [7, 11) is 1.68. The van der Waals surface area contributed by atoms with Crippen LogP contribution in [0.1, 0.15) is 41.8 Å². The number of pyridine rings is 1. The van der Waals surface area contributed by atoms with E-state index < -0.39 is 0 Å². The van der Waals surface area contributed by atoms with E-state index in [1.54, 1.807) is 7.11 Å². The fourth-order valence-electron chi connectivity index (χ4n) is 3.43. The van der Waals surface area contributed by atoms with Crippen LogP contribution in [-0.4, -0.2) is 22.1 Å². The molecule has 3 aromatic rings. The first-order chi connectivity index (χ1) is 12.8. The lowest BCUT2D eigenvalue weighted by atomic mass is 10.1. The molecule has 0 unspecified atom stereocenters. The molecule has 0 aliphatic heterocycles. The lowest BCUT2D eigenvalue weighted by Crippen LogP contribution is -2.02. The van der Waals surface area contributed by atoms with Gasteiger partial charge in [0.1, 0.15) is 11.4 Å². The molecule has 26 heavy (non-hydrogen) atoms. The molecule has 132 valence electrons. The highest BCUT2D eigenvalue weighted by atomic mass is 16.5. The van der Waals surface area contributed by atoms with Crippen molar-refractivity contribution in [3.8, 4) is 17.3 Å². The van der Waals surface area contributed by atoms with Gasteiger partial charge in [0.2, 0.25) is 0 Å². The molecule has 1 aliphatic carbocycles. The molecule has 4 heteroatoms. The molecule has 0 saturated heterocycles. The van der Waals surface area contributed by atoms with Crippen molar-refractivity contribution in [2.24, 2.45) is 0 Å². The van der Waals surface area contributed by atoms with Crippen molar-refractivity contribution >= 4 is 0 Å². The van der Waals surface area contributed by atoms with E-state index >= 15 is 0 Å². The van der Waals surface area contributed by atoms with Crippen LogP contribution < -0.4 is 4.74 Å². The van der Waals surface area contributed by atoms with Gasteiger partial charge >= 0.3 is 0 Å². The molecule has 1 aliphatic rings. The van der Waals surface area contributed by atoms with Crippen molar-refractivity contribution in [1.82, 2.24) is 15.0 Å². The third kappa shape index (κ3) is 3.74. The smallest absolute Gasteiger partial charge is 0.178 e. The van der Waals surface area contributed by atoms with E-state index in [2.05, 4.69) is 23.2 Å². The molecule has 2 aromatic heterocycles. The minimum atomic E-state index is 0.738. The quantitative estimate of drug-likeness (QED) is 0.657. The summed E-state index contributed by atoms with van der Waals surface area (Å²) < 4.78 is 5.22. The number of ether oxygens (including phenoxy) is 1. The summed E-state index contributed by atoms with van der Waals surface area (Å²) in [5.74, 6) is 1.61. The number of rotatable bonds is 4. The van der Waals surface area contributed by atoms with E-state index in [-0.39, 0.29) is 0 Å². The molecule has 0 saturated carbocycles. The summed E-state index contributed by atoms with van der Waals surface area (Å²) in [6.45, 7) is 0. The van der Waals surface area contributed by atoms with Crippen LogP contribution in [0.5, 0.6) is 5.75 Å². The van der Waals surface area contributed by atoms with Gasteiger partial charge in [-0.3, -0.25) is 0 Å². The molecular formula is C22H23N3O. The van der Waals surface area contributed by atoms with Gasteiger partial charge in [0.05, 0.1) is 7.11 Å². The summed E-state index contributed by atoms with van der Waals surface area (Å²) >= 11 is 0. The maximum atomic E-state index is 5.22. The Balaban J connectivity index is 1.58. The van der Waals surface area contributed by atoms with Gasteiger partial charge in [0, 0.05) is 24.0 Å². The van der Waals surface area contributed by atoms with E-state index in [9.17, 15) is 0 Å². The Morgan fingerprint density at radius 1 is 0.923 bits per heavy atom. The molecule has 0 amide bonds. The van der Waals surface area contributed by atoms with Crippen molar-refractivity contribution in [3.63, 3.8) is 0 Å². The zero-order chi connectivity index (χ0) is 17.8. The highest BCUT2D eigenvalue weighted by Crippen LogP contribution is 2.22. The molecule has 0 N–H and O–H groups in total. The predicted molar refractivity (Wildman–Crippen MR) is 102 cm³/mol. The van der Waals surface area contributed by atoms with Crippen LogP contribution >= 0.6 is 0 Å². The van der Waals surface area contributed by atoms with Crippen LogP contribution in [-0.2, 0) is 19.3 Å². The lowest BCUT2D eigenvalue weighted by Gasteiger charge is -2.08. The standard InChI is InChI=1S/C22H23N3O/c1-26-19-12-10-16(11-13-19)14-18-7-5-9-21(24-18)22-23-15-17-6-3-2-4-8-20(17)25-22/h5,7,9-13,15H,2-4,6,8,14H2,1H3. The zero-order valence-corrected chi connectivity index (χ0v) is 15.1. The van der Waals surface area contributed by atoms with Gasteiger partial charge in [-0.15, -0.1) is 0 Å². The summed E-state index contributed by atoms with van der Waals surface area (Å²) in [6, 6.07) is 14.2. The average molecular weight is 345 g/mol. The molecule has 0 radical (unpaired) electrons. The lowest BCUT2D eigenvalue weighted by molar-refractivity contribution is 0.414. The number of methoxy groups -OCH3 is 1. The predicted octanol–water partition coefficient (Wildman–Crippen LogP) is 4.41. The van der Waals surface area contributed by atoms with Gasteiger partial charge in [-0.05, 0) is 61.1 Å². The number of fused-ring (bicyclic) bond motifs is 1. The van der Waals surface area contributed by atoms with Crippen molar-refractivity contribution in [2.75, 3.05) is 7.11 Å². The minimum absolute atomic E-state index is 0.738. The Bertz CT molecular complexity index is 890. The first-order valence-corrected chi connectivity index (χ1v) is 9.26. The molecule has 0 spiro atoms. The SMILES string of the molecule is COc1ccc(Cc2cccc(-c3ncc4c(n3)CCCCC4)n2)cc1. The molecule has 0 fully saturated rings. The monoisotopic (exact) mass is 345 g/mol. The summed E-state index contributed by atoms with van der Waals surface area (Å²) in [5.41, 5.74) is 5.59. The third-order valence-corrected chi connectivity index (χ3v) is 4.89. The number of benzene rings is 1. The van der Waals surface area contributed by atoms with E-state index in [0.717, 1.165) is 42.2 Å². The Morgan fingerprint density at radius 3 is 2.62 bits per heavy atom. The van der Waals surface area contributed by atoms with Gasteiger partial charge in [-0.2, -0.15) is 0 Å². The van der Waals surface area contributed by atoms with Crippen LogP contribution in [0.3, 0.4) is 0 Å². The van der Waals surface area contributed by atoms with E-state index in [0.29, 0.717) is 0 Å². The maximum Gasteiger partial charge on any atom is 0.178 e. The van der Waals surface area contributed by atoms with Crippen molar-refractivity contribution in [3.05, 3.63) is 71.2 Å². The van der Waals surface area contributed by atoms with Crippen molar-refractivity contribution in [1.29, 1.82) is 0 Å². The molecule has 4 nitrogen and oxygen atoms in total. The molecule has 2 heterocycles. The number of nitrogens with zero attached hydrogens (tertiary/aromatic N) is 3. The van der Waals surface area contributed by atoms with Crippen LogP contribution in [0.4, 0.5) is 0 Å². The molecule has 4 rings (SSSR count). The Kier molecular flexibility index (Phi) is 4.91. The third-order valence-electron chi connectivity index (χ3n) is 4.89. The highest BCUT2D eigenvalue weighted by Gasteiger charge is 2.13. The van der Waals surface area contributed by atoms with Gasteiger partial charge < -0.3 is 4.74 Å². The first-order valence-electron chi connectivity index (χ1n) is 9.26. The number of aromatic nitrogens is 3. The minimum Gasteiger partial charge on any atom is -0.497 e. The van der Waals surface area contributed by atoms with Gasteiger partial charge in [-0.1, -0.05) is 24.6 Å². The normalized spacial score (nSPS) is 13.7. The van der Waals surface area contributed by atoms with E-state index in [1.807, 2.05) is 30.5 Å². The Labute approximate surface area is 154 Å². The molecule has 1 aromatic carbocycles. The van der Waals surface area contributed by atoms with Crippen molar-refractivity contribution < 1.29 is 4.74 Å². The summed E-state index contributed by atoms with van der Waals surface area (Å²) in [6.07, 6.45) is 8.67. The molecule has 0 bridgehead atoms. The maximum absolute atomic E-state index is 5.22. The number of hydrogen-bond donors (Lipinski definition) is 0. The van der Waals surface area contributed by atoms with Crippen LogP contribution in [0, 0.1) is 0 Å². The van der Waals surface area contributed by atoms with Crippen LogP contribution in [0.15, 0.2) is 48.7 Å². The van der Waals surface area contributed by atoms with E-state index in [1.165, 1.54) is 36.1 Å². The van der Waals surface area contributed by atoms with Gasteiger partial charge in [0.25, 0.3) is 0 Å². The number of aryl methyl sites for hydroxylation is 2. The highest BCUT2D eigenvalue weighted by molar-refractivity contribution is 5.50. The largest absolute Gasteiger partial charge is 0.497 e. The number of hydrogen-bond acceptors (Lipinski definition) is 4. The molecule has 0 atom stereocenters. The first kappa shape index (κ1) is 16.7. The zero-order valence-electron chi connectivity index (χ0n) is 15.1. The second-order valence-electron chi connectivity index (χ2n) is 6.77. The summed E-state index contributed by atoms with van der Waals surface area (Å²) in [5, 5.41) is 0. The molecular weight excluding hydrogens is 322 g/mol. The van der Waals surface area contributed by atoms with Crippen LogP contribution in [0.25, 0.3) is 11.5 Å². The Morgan fingerprint density at radius 2 is 1.77 bits per heavy atom. The average Bonchev–Trinajstić information content (AvgIpc) is 2.93. The second-order valence-corrected chi connectivity index (χ2v) is 6.77. The van der Waals surface area contributed by atoms with Crippen molar-refractivity contribution in [2.45, 2.75) is 38.5 Å². The second kappa shape index (κ2) is 7.65. The fraction of sp³-hybridized carbons (Fsp3) is 0.318. The van der Waals surface area contributed by atoms with Gasteiger partial charge in [0.15, 0.2) is 5.82 Å². The fourth-order valence-corrected chi connectivity index (χ4v) is 3.43. The topological polar surface area (TPSA) is 47.9 Å². The van der Waals surface area contributed by atoms with E-state index in [4.69, 9.17) is 14.7 Å². The van der Waals surface area contributed by atoms with Crippen LogP contribution in [0.2, 0.25) is 0 Å². The summed E-state index contributed by atoms with van der Waals surface area (Å²) in [4.78, 5) is 14.2. The van der Waals surface area contributed by atoms with Gasteiger partial charge in [-0.25, -0.2) is 15.0 Å².